The lowest BCUT2D eigenvalue weighted by Crippen LogP contribution is -2.35. The van der Waals surface area contributed by atoms with Crippen molar-refractivity contribution >= 4 is 0 Å². The molecule has 0 aromatic heterocycles. The molecule has 0 spiro atoms. The summed E-state index contributed by atoms with van der Waals surface area (Å²) in [4.78, 5) is 0. The summed E-state index contributed by atoms with van der Waals surface area (Å²) in [5, 5.41) is 0. The van der Waals surface area contributed by atoms with Gasteiger partial charge in [0.1, 0.15) is 0 Å². The molecule has 1 aliphatic rings. The predicted molar refractivity (Wildman–Crippen MR) is 54.0 cm³/mol. The second kappa shape index (κ2) is 4.27. The van der Waals surface area contributed by atoms with Crippen molar-refractivity contribution < 1.29 is 0 Å². The van der Waals surface area contributed by atoms with Crippen molar-refractivity contribution in [3.8, 4) is 0 Å². The summed E-state index contributed by atoms with van der Waals surface area (Å²) in [6, 6.07) is 0. The van der Waals surface area contributed by atoms with Crippen LogP contribution in [0, 0.1) is 11.3 Å². The Kier molecular flexibility index (Phi) is 3.57. The third-order valence-corrected chi connectivity index (χ3v) is 3.80. The van der Waals surface area contributed by atoms with Crippen LogP contribution in [0.15, 0.2) is 0 Å². The van der Waals surface area contributed by atoms with Crippen molar-refractivity contribution in [3.63, 3.8) is 0 Å². The highest BCUT2D eigenvalue weighted by Crippen LogP contribution is 2.42. The standard InChI is InChI=1S/C11H23N/c1-3-10-6-5-7-11(4-2,8-10)9-12/h10H,3-9,12H2,1-2H3. The maximum Gasteiger partial charge on any atom is -0.00205 e. The Hall–Kier alpha value is -0.0400. The molecule has 1 heteroatoms. The second-order valence-corrected chi connectivity index (χ2v) is 4.43. The summed E-state index contributed by atoms with van der Waals surface area (Å²) in [6.07, 6.45) is 8.23. The molecule has 0 radical (unpaired) electrons. The summed E-state index contributed by atoms with van der Waals surface area (Å²) in [5.41, 5.74) is 6.38. The summed E-state index contributed by atoms with van der Waals surface area (Å²) >= 11 is 0. The lowest BCUT2D eigenvalue weighted by Gasteiger charge is -2.39. The average molecular weight is 169 g/mol. The largest absolute Gasteiger partial charge is 0.330 e. The number of rotatable bonds is 3. The van der Waals surface area contributed by atoms with Crippen molar-refractivity contribution in [3.05, 3.63) is 0 Å². The van der Waals surface area contributed by atoms with Gasteiger partial charge >= 0.3 is 0 Å². The Morgan fingerprint density at radius 1 is 1.42 bits per heavy atom. The highest BCUT2D eigenvalue weighted by atomic mass is 14.6. The first-order chi connectivity index (χ1) is 5.76. The third kappa shape index (κ3) is 2.01. The van der Waals surface area contributed by atoms with E-state index in [1.807, 2.05) is 0 Å². The Balaban J connectivity index is 2.52. The average Bonchev–Trinajstić information content (AvgIpc) is 2.18. The topological polar surface area (TPSA) is 26.0 Å². The minimum absolute atomic E-state index is 0.513. The molecule has 2 N–H and O–H groups in total. The van der Waals surface area contributed by atoms with Gasteiger partial charge in [-0.25, -0.2) is 0 Å². The highest BCUT2D eigenvalue weighted by molar-refractivity contribution is 4.85. The van der Waals surface area contributed by atoms with Crippen LogP contribution in [0.5, 0.6) is 0 Å². The zero-order chi connectivity index (χ0) is 9.03. The van der Waals surface area contributed by atoms with E-state index in [1.54, 1.807) is 0 Å². The lowest BCUT2D eigenvalue weighted by molar-refractivity contribution is 0.137. The molecule has 72 valence electrons. The Bertz CT molecular complexity index is 127. The zero-order valence-electron chi connectivity index (χ0n) is 8.60. The van der Waals surface area contributed by atoms with Gasteiger partial charge in [0.15, 0.2) is 0 Å². The molecule has 1 saturated carbocycles. The molecule has 2 unspecified atom stereocenters. The second-order valence-electron chi connectivity index (χ2n) is 4.43. The van der Waals surface area contributed by atoms with Crippen LogP contribution in [0.25, 0.3) is 0 Å². The minimum Gasteiger partial charge on any atom is -0.330 e. The van der Waals surface area contributed by atoms with Gasteiger partial charge in [0, 0.05) is 0 Å². The van der Waals surface area contributed by atoms with E-state index in [2.05, 4.69) is 13.8 Å². The molecule has 1 nitrogen and oxygen atoms in total. The fourth-order valence-corrected chi connectivity index (χ4v) is 2.58. The first-order valence-electron chi connectivity index (χ1n) is 5.46. The first-order valence-corrected chi connectivity index (χ1v) is 5.46. The van der Waals surface area contributed by atoms with Gasteiger partial charge in [-0.05, 0) is 37.1 Å². The Morgan fingerprint density at radius 2 is 2.17 bits per heavy atom. The van der Waals surface area contributed by atoms with Crippen LogP contribution in [0.4, 0.5) is 0 Å². The zero-order valence-corrected chi connectivity index (χ0v) is 8.60. The molecular formula is C11H23N. The predicted octanol–water partition coefficient (Wildman–Crippen LogP) is 2.94. The van der Waals surface area contributed by atoms with Crippen LogP contribution in [-0.4, -0.2) is 6.54 Å². The van der Waals surface area contributed by atoms with Gasteiger partial charge < -0.3 is 5.73 Å². The van der Waals surface area contributed by atoms with E-state index in [4.69, 9.17) is 5.73 Å². The molecule has 1 fully saturated rings. The van der Waals surface area contributed by atoms with Crippen LogP contribution in [0.3, 0.4) is 0 Å². The molecule has 12 heavy (non-hydrogen) atoms. The molecule has 0 amide bonds. The molecule has 1 rings (SSSR count). The molecule has 0 aromatic carbocycles. The van der Waals surface area contributed by atoms with E-state index in [0.717, 1.165) is 12.5 Å². The van der Waals surface area contributed by atoms with Gasteiger partial charge in [-0.15, -0.1) is 0 Å². The lowest BCUT2D eigenvalue weighted by atomic mass is 9.67. The molecule has 0 aliphatic heterocycles. The van der Waals surface area contributed by atoms with Crippen molar-refractivity contribution in [2.45, 2.75) is 52.4 Å². The Morgan fingerprint density at radius 3 is 2.67 bits per heavy atom. The van der Waals surface area contributed by atoms with E-state index in [-0.39, 0.29) is 0 Å². The van der Waals surface area contributed by atoms with Crippen LogP contribution in [-0.2, 0) is 0 Å². The van der Waals surface area contributed by atoms with Crippen LogP contribution in [0.2, 0.25) is 0 Å². The molecular weight excluding hydrogens is 146 g/mol. The first kappa shape index (κ1) is 10.0. The van der Waals surface area contributed by atoms with E-state index in [9.17, 15) is 0 Å². The van der Waals surface area contributed by atoms with E-state index in [0.29, 0.717) is 5.41 Å². The van der Waals surface area contributed by atoms with Crippen LogP contribution in [0.1, 0.15) is 52.4 Å². The minimum atomic E-state index is 0.513. The normalized spacial score (nSPS) is 36.8. The summed E-state index contributed by atoms with van der Waals surface area (Å²) in [6.45, 7) is 5.51. The highest BCUT2D eigenvalue weighted by Gasteiger charge is 2.32. The maximum absolute atomic E-state index is 5.87. The van der Waals surface area contributed by atoms with E-state index >= 15 is 0 Å². The van der Waals surface area contributed by atoms with Gasteiger partial charge in [0.2, 0.25) is 0 Å². The summed E-state index contributed by atoms with van der Waals surface area (Å²) in [7, 11) is 0. The van der Waals surface area contributed by atoms with Crippen molar-refractivity contribution in [1.29, 1.82) is 0 Å². The molecule has 0 aromatic rings. The van der Waals surface area contributed by atoms with Gasteiger partial charge in [0.25, 0.3) is 0 Å². The molecule has 0 saturated heterocycles. The van der Waals surface area contributed by atoms with Crippen molar-refractivity contribution in [2.24, 2.45) is 17.1 Å². The smallest absolute Gasteiger partial charge is 0.00205 e. The fourth-order valence-electron chi connectivity index (χ4n) is 2.58. The van der Waals surface area contributed by atoms with Crippen LogP contribution >= 0.6 is 0 Å². The van der Waals surface area contributed by atoms with Crippen molar-refractivity contribution in [2.75, 3.05) is 6.54 Å². The van der Waals surface area contributed by atoms with Gasteiger partial charge in [-0.1, -0.05) is 33.1 Å². The third-order valence-electron chi connectivity index (χ3n) is 3.80. The van der Waals surface area contributed by atoms with Gasteiger partial charge in [-0.2, -0.15) is 0 Å². The molecule has 0 bridgehead atoms. The monoisotopic (exact) mass is 169 g/mol. The number of hydrogen-bond acceptors (Lipinski definition) is 1. The number of nitrogens with two attached hydrogens (primary N) is 1. The quantitative estimate of drug-likeness (QED) is 0.690. The maximum atomic E-state index is 5.87. The summed E-state index contributed by atoms with van der Waals surface area (Å²) < 4.78 is 0. The molecule has 2 atom stereocenters. The van der Waals surface area contributed by atoms with Crippen molar-refractivity contribution in [1.82, 2.24) is 0 Å². The number of hydrogen-bond donors (Lipinski definition) is 1. The molecule has 1 aliphatic carbocycles. The van der Waals surface area contributed by atoms with Gasteiger partial charge in [-0.3, -0.25) is 0 Å². The fraction of sp³-hybridized carbons (Fsp3) is 1.00. The SMILES string of the molecule is CCC1CCCC(CC)(CN)C1. The van der Waals surface area contributed by atoms with Gasteiger partial charge in [0.05, 0.1) is 0 Å². The van der Waals surface area contributed by atoms with E-state index in [1.165, 1.54) is 38.5 Å². The summed E-state index contributed by atoms with van der Waals surface area (Å²) in [5.74, 6) is 0.960. The van der Waals surface area contributed by atoms with E-state index < -0.39 is 0 Å². The molecule has 0 heterocycles. The Labute approximate surface area is 76.7 Å². The van der Waals surface area contributed by atoms with Crippen LogP contribution < -0.4 is 5.73 Å².